The molecule has 0 radical (unpaired) electrons. The number of fused-ring (bicyclic) bond motifs is 1. The van der Waals surface area contributed by atoms with Gasteiger partial charge in [-0.1, -0.05) is 32.9 Å². The number of nitrogens with zero attached hydrogens (tertiary/aromatic N) is 1. The first-order valence-corrected chi connectivity index (χ1v) is 5.36. The molecule has 3 amide bonds. The minimum absolute atomic E-state index is 0.301. The summed E-state index contributed by atoms with van der Waals surface area (Å²) in [6, 6.07) is 6.47. The van der Waals surface area contributed by atoms with E-state index in [1.165, 1.54) is 0 Å². The van der Waals surface area contributed by atoms with E-state index in [1.807, 2.05) is 0 Å². The Kier molecular flexibility index (Phi) is 2.38. The zero-order valence-corrected chi connectivity index (χ0v) is 9.98. The molecule has 0 aliphatic carbocycles. The summed E-state index contributed by atoms with van der Waals surface area (Å²) in [6.45, 7) is 5.04. The lowest BCUT2D eigenvalue weighted by Gasteiger charge is -2.22. The van der Waals surface area contributed by atoms with Gasteiger partial charge in [0, 0.05) is 5.41 Å². The van der Waals surface area contributed by atoms with Crippen molar-refractivity contribution in [3.63, 3.8) is 0 Å². The number of carbonyl (C=O) groups excluding carboxylic acids is 3. The molecule has 1 aliphatic rings. The number of imide groups is 3. The fourth-order valence-electron chi connectivity index (χ4n) is 1.71. The molecule has 0 fully saturated rings. The van der Waals surface area contributed by atoms with Crippen LogP contribution in [0.5, 0.6) is 0 Å². The summed E-state index contributed by atoms with van der Waals surface area (Å²) < 4.78 is 0. The van der Waals surface area contributed by atoms with Gasteiger partial charge < -0.3 is 0 Å². The topological polar surface area (TPSA) is 54.5 Å². The molecule has 0 saturated heterocycles. The van der Waals surface area contributed by atoms with Gasteiger partial charge in [-0.25, -0.2) is 4.90 Å². The van der Waals surface area contributed by atoms with E-state index in [1.54, 1.807) is 45.0 Å². The Morgan fingerprint density at radius 2 is 1.41 bits per heavy atom. The normalized spacial score (nSPS) is 15.1. The van der Waals surface area contributed by atoms with Crippen molar-refractivity contribution in [1.82, 2.24) is 4.90 Å². The SMILES string of the molecule is CC(C)(C)C(=O)N1C(=O)c2ccccc2C1=O. The van der Waals surface area contributed by atoms with Crippen LogP contribution < -0.4 is 0 Å². The van der Waals surface area contributed by atoms with E-state index >= 15 is 0 Å². The Morgan fingerprint density at radius 3 is 1.76 bits per heavy atom. The van der Waals surface area contributed by atoms with Gasteiger partial charge in [-0.3, -0.25) is 14.4 Å². The third kappa shape index (κ3) is 1.65. The van der Waals surface area contributed by atoms with Crippen LogP contribution in [0.2, 0.25) is 0 Å². The summed E-state index contributed by atoms with van der Waals surface area (Å²) in [5.74, 6) is -1.51. The molecule has 0 N–H and O–H groups in total. The number of benzene rings is 1. The van der Waals surface area contributed by atoms with Crippen molar-refractivity contribution in [2.75, 3.05) is 0 Å². The van der Waals surface area contributed by atoms with Crippen LogP contribution in [0.4, 0.5) is 0 Å². The predicted molar refractivity (Wildman–Crippen MR) is 61.4 cm³/mol. The van der Waals surface area contributed by atoms with Crippen LogP contribution in [0.1, 0.15) is 41.5 Å². The number of hydrogen-bond donors (Lipinski definition) is 0. The maximum absolute atomic E-state index is 12.0. The van der Waals surface area contributed by atoms with E-state index in [9.17, 15) is 14.4 Å². The zero-order chi connectivity index (χ0) is 12.8. The second-order valence-electron chi connectivity index (χ2n) is 5.05. The second-order valence-corrected chi connectivity index (χ2v) is 5.05. The molecule has 0 saturated carbocycles. The van der Waals surface area contributed by atoms with Crippen LogP contribution in [-0.4, -0.2) is 22.6 Å². The molecule has 1 aliphatic heterocycles. The van der Waals surface area contributed by atoms with Gasteiger partial charge in [0.2, 0.25) is 5.91 Å². The van der Waals surface area contributed by atoms with Crippen LogP contribution in [0, 0.1) is 5.41 Å². The second kappa shape index (κ2) is 3.52. The smallest absolute Gasteiger partial charge is 0.268 e. The molecular formula is C13H13NO3. The highest BCUT2D eigenvalue weighted by Gasteiger charge is 2.43. The van der Waals surface area contributed by atoms with Gasteiger partial charge in [-0.2, -0.15) is 0 Å². The maximum atomic E-state index is 12.0. The quantitative estimate of drug-likeness (QED) is 0.640. The highest BCUT2D eigenvalue weighted by Crippen LogP contribution is 2.27. The van der Waals surface area contributed by atoms with Crippen LogP contribution in [0.3, 0.4) is 0 Å². The van der Waals surface area contributed by atoms with E-state index < -0.39 is 23.1 Å². The van der Waals surface area contributed by atoms with Crippen molar-refractivity contribution in [2.45, 2.75) is 20.8 Å². The van der Waals surface area contributed by atoms with Gasteiger partial charge >= 0.3 is 0 Å². The Labute approximate surface area is 99.2 Å². The minimum Gasteiger partial charge on any atom is -0.273 e. The van der Waals surface area contributed by atoms with Crippen molar-refractivity contribution in [3.8, 4) is 0 Å². The van der Waals surface area contributed by atoms with Gasteiger partial charge in [-0.05, 0) is 12.1 Å². The molecule has 1 heterocycles. The van der Waals surface area contributed by atoms with E-state index in [4.69, 9.17) is 0 Å². The van der Waals surface area contributed by atoms with Gasteiger partial charge in [0.05, 0.1) is 11.1 Å². The van der Waals surface area contributed by atoms with Crippen LogP contribution in [0.15, 0.2) is 24.3 Å². The summed E-state index contributed by atoms with van der Waals surface area (Å²) >= 11 is 0. The summed E-state index contributed by atoms with van der Waals surface area (Å²) in [5.41, 5.74) is -0.155. The van der Waals surface area contributed by atoms with Crippen molar-refractivity contribution >= 4 is 17.7 Å². The lowest BCUT2D eigenvalue weighted by Crippen LogP contribution is -2.43. The molecule has 2 rings (SSSR count). The Morgan fingerprint density at radius 1 is 1.00 bits per heavy atom. The van der Waals surface area contributed by atoms with Crippen molar-refractivity contribution in [3.05, 3.63) is 35.4 Å². The van der Waals surface area contributed by atoms with E-state index in [-0.39, 0.29) is 0 Å². The Balaban J connectivity index is 2.47. The summed E-state index contributed by atoms with van der Waals surface area (Å²) in [5, 5.41) is 0. The van der Waals surface area contributed by atoms with Crippen LogP contribution in [-0.2, 0) is 4.79 Å². The molecule has 17 heavy (non-hydrogen) atoms. The first-order chi connectivity index (χ1) is 7.84. The zero-order valence-electron chi connectivity index (χ0n) is 9.98. The molecule has 1 aromatic carbocycles. The fourth-order valence-corrected chi connectivity index (χ4v) is 1.71. The minimum atomic E-state index is -0.757. The average Bonchev–Trinajstić information content (AvgIpc) is 2.51. The summed E-state index contributed by atoms with van der Waals surface area (Å²) in [6.07, 6.45) is 0. The molecule has 4 heteroatoms. The first-order valence-electron chi connectivity index (χ1n) is 5.36. The molecule has 88 valence electrons. The third-order valence-corrected chi connectivity index (χ3v) is 2.64. The lowest BCUT2D eigenvalue weighted by atomic mass is 9.95. The molecule has 0 atom stereocenters. The van der Waals surface area contributed by atoms with E-state index in [0.717, 1.165) is 4.90 Å². The number of carbonyl (C=O) groups is 3. The van der Waals surface area contributed by atoms with Crippen molar-refractivity contribution < 1.29 is 14.4 Å². The predicted octanol–water partition coefficient (Wildman–Crippen LogP) is 1.86. The van der Waals surface area contributed by atoms with Gasteiger partial charge in [0.1, 0.15) is 0 Å². The van der Waals surface area contributed by atoms with E-state index in [0.29, 0.717) is 11.1 Å². The number of amides is 3. The Hall–Kier alpha value is -1.97. The molecular weight excluding hydrogens is 218 g/mol. The molecule has 1 aromatic rings. The monoisotopic (exact) mass is 231 g/mol. The van der Waals surface area contributed by atoms with Crippen LogP contribution in [0.25, 0.3) is 0 Å². The number of rotatable bonds is 0. The van der Waals surface area contributed by atoms with Gasteiger partial charge in [0.15, 0.2) is 0 Å². The fraction of sp³-hybridized carbons (Fsp3) is 0.308. The first kappa shape index (κ1) is 11.5. The molecule has 0 unspecified atom stereocenters. The average molecular weight is 231 g/mol. The standard InChI is InChI=1S/C13H13NO3/c1-13(2,3)12(17)14-10(15)8-6-4-5-7-9(8)11(14)16/h4-7H,1-3H3. The third-order valence-electron chi connectivity index (χ3n) is 2.64. The molecule has 0 aromatic heterocycles. The van der Waals surface area contributed by atoms with Crippen molar-refractivity contribution in [1.29, 1.82) is 0 Å². The molecule has 4 nitrogen and oxygen atoms in total. The molecule has 0 spiro atoms. The largest absolute Gasteiger partial charge is 0.273 e. The van der Waals surface area contributed by atoms with Crippen molar-refractivity contribution in [2.24, 2.45) is 5.41 Å². The highest BCUT2D eigenvalue weighted by atomic mass is 16.2. The van der Waals surface area contributed by atoms with Crippen LogP contribution >= 0.6 is 0 Å². The van der Waals surface area contributed by atoms with Gasteiger partial charge in [0.25, 0.3) is 11.8 Å². The maximum Gasteiger partial charge on any atom is 0.268 e. The van der Waals surface area contributed by atoms with Gasteiger partial charge in [-0.15, -0.1) is 0 Å². The van der Waals surface area contributed by atoms with E-state index in [2.05, 4.69) is 0 Å². The highest BCUT2D eigenvalue weighted by molar-refractivity contribution is 6.29. The number of hydrogen-bond acceptors (Lipinski definition) is 3. The summed E-state index contributed by atoms with van der Waals surface area (Å²) in [4.78, 5) is 36.7. The summed E-state index contributed by atoms with van der Waals surface area (Å²) in [7, 11) is 0. The Bertz CT molecular complexity index is 491. The lowest BCUT2D eigenvalue weighted by molar-refractivity contribution is -0.134. The molecule has 0 bridgehead atoms.